The Hall–Kier alpha value is -1.49. The number of imidazole rings is 1. The number of aromatic nitrogens is 2. The molecule has 2 nitrogen and oxygen atoms in total. The van der Waals surface area contributed by atoms with Gasteiger partial charge in [-0.2, -0.15) is 0 Å². The van der Waals surface area contributed by atoms with E-state index in [1.807, 2.05) is 22.9 Å². The molecule has 1 atom stereocenters. The maximum atomic E-state index is 13.2. The lowest BCUT2D eigenvalue weighted by molar-refractivity contribution is 0.625. The third-order valence-corrected chi connectivity index (χ3v) is 5.32. The van der Waals surface area contributed by atoms with Crippen molar-refractivity contribution in [1.82, 2.24) is 9.55 Å². The summed E-state index contributed by atoms with van der Waals surface area (Å²) in [6, 6.07) is 12.0. The van der Waals surface area contributed by atoms with Crippen molar-refractivity contribution in [2.75, 3.05) is 0 Å². The molecule has 0 N–H and O–H groups in total. The SMILES string of the molecule is Fc1ccc(C(Cn2ccnc2)Sc2ccc(Cl)cc2Cl)cc1. The Bertz CT molecular complexity index is 776. The Labute approximate surface area is 148 Å². The minimum absolute atomic E-state index is 0.0727. The highest BCUT2D eigenvalue weighted by Crippen LogP contribution is 2.40. The lowest BCUT2D eigenvalue weighted by Crippen LogP contribution is -2.05. The van der Waals surface area contributed by atoms with E-state index in [1.165, 1.54) is 12.1 Å². The molecule has 0 aliphatic heterocycles. The lowest BCUT2D eigenvalue weighted by Gasteiger charge is -2.18. The smallest absolute Gasteiger partial charge is 0.123 e. The second-order valence-corrected chi connectivity index (χ2v) is 7.08. The number of halogens is 3. The van der Waals surface area contributed by atoms with E-state index in [4.69, 9.17) is 23.2 Å². The molecule has 6 heteroatoms. The van der Waals surface area contributed by atoms with E-state index in [2.05, 4.69) is 4.98 Å². The highest BCUT2D eigenvalue weighted by Gasteiger charge is 2.16. The molecular formula is C17H13Cl2FN2S. The van der Waals surface area contributed by atoms with Crippen molar-refractivity contribution in [1.29, 1.82) is 0 Å². The summed E-state index contributed by atoms with van der Waals surface area (Å²) in [7, 11) is 0. The third-order valence-electron chi connectivity index (χ3n) is 3.34. The standard InChI is InChI=1S/C17H13Cl2FN2S/c18-13-3-6-16(15(19)9-13)23-17(10-22-8-7-21-11-22)12-1-4-14(20)5-2-12/h1-9,11,17H,10H2. The van der Waals surface area contributed by atoms with Gasteiger partial charge in [0, 0.05) is 28.9 Å². The Morgan fingerprint density at radius 1 is 1.13 bits per heavy atom. The molecule has 0 saturated carbocycles. The molecule has 0 fully saturated rings. The maximum absolute atomic E-state index is 13.2. The summed E-state index contributed by atoms with van der Waals surface area (Å²) >= 11 is 13.9. The quantitative estimate of drug-likeness (QED) is 0.526. The zero-order valence-electron chi connectivity index (χ0n) is 12.0. The zero-order chi connectivity index (χ0) is 16.2. The molecule has 1 heterocycles. The average molecular weight is 367 g/mol. The Morgan fingerprint density at radius 2 is 1.91 bits per heavy atom. The normalized spacial score (nSPS) is 12.3. The van der Waals surface area contributed by atoms with Crippen molar-refractivity contribution in [2.24, 2.45) is 0 Å². The van der Waals surface area contributed by atoms with Crippen LogP contribution in [-0.4, -0.2) is 9.55 Å². The Kier molecular flexibility index (Phi) is 5.26. The molecule has 23 heavy (non-hydrogen) atoms. The number of benzene rings is 2. The van der Waals surface area contributed by atoms with Gasteiger partial charge in [0.15, 0.2) is 0 Å². The molecule has 0 aliphatic rings. The maximum Gasteiger partial charge on any atom is 0.123 e. The summed E-state index contributed by atoms with van der Waals surface area (Å²) in [4.78, 5) is 5.01. The molecule has 0 saturated heterocycles. The molecule has 0 amide bonds. The summed E-state index contributed by atoms with van der Waals surface area (Å²) in [6.45, 7) is 0.704. The van der Waals surface area contributed by atoms with Gasteiger partial charge in [-0.1, -0.05) is 35.3 Å². The molecule has 0 radical (unpaired) electrons. The van der Waals surface area contributed by atoms with Crippen molar-refractivity contribution >= 4 is 35.0 Å². The van der Waals surface area contributed by atoms with Crippen LogP contribution in [0.25, 0.3) is 0 Å². The fourth-order valence-electron chi connectivity index (χ4n) is 2.20. The first kappa shape index (κ1) is 16.4. The topological polar surface area (TPSA) is 17.8 Å². The van der Waals surface area contributed by atoms with Crippen molar-refractivity contribution in [3.63, 3.8) is 0 Å². The van der Waals surface area contributed by atoms with Crippen LogP contribution in [-0.2, 0) is 6.54 Å². The fourth-order valence-corrected chi connectivity index (χ4v) is 3.91. The van der Waals surface area contributed by atoms with Gasteiger partial charge in [-0.25, -0.2) is 9.37 Å². The summed E-state index contributed by atoms with van der Waals surface area (Å²) in [5, 5.41) is 1.29. The van der Waals surface area contributed by atoms with Crippen LogP contribution in [0.15, 0.2) is 66.1 Å². The first-order valence-electron chi connectivity index (χ1n) is 6.95. The van der Waals surface area contributed by atoms with Crippen molar-refractivity contribution in [2.45, 2.75) is 16.7 Å². The molecule has 0 aliphatic carbocycles. The van der Waals surface area contributed by atoms with Crippen LogP contribution in [0.5, 0.6) is 0 Å². The van der Waals surface area contributed by atoms with E-state index < -0.39 is 0 Å². The van der Waals surface area contributed by atoms with E-state index in [0.29, 0.717) is 16.6 Å². The van der Waals surface area contributed by atoms with E-state index in [0.717, 1.165) is 10.5 Å². The number of nitrogens with zero attached hydrogens (tertiary/aromatic N) is 2. The highest BCUT2D eigenvalue weighted by atomic mass is 35.5. The molecule has 3 aromatic rings. The largest absolute Gasteiger partial charge is 0.336 e. The van der Waals surface area contributed by atoms with Gasteiger partial charge in [0.2, 0.25) is 0 Å². The minimum Gasteiger partial charge on any atom is -0.336 e. The minimum atomic E-state index is -0.246. The van der Waals surface area contributed by atoms with E-state index >= 15 is 0 Å². The van der Waals surface area contributed by atoms with Crippen LogP contribution >= 0.6 is 35.0 Å². The van der Waals surface area contributed by atoms with Gasteiger partial charge < -0.3 is 4.57 Å². The molecule has 118 valence electrons. The van der Waals surface area contributed by atoms with E-state index in [9.17, 15) is 4.39 Å². The molecule has 3 rings (SSSR count). The second-order valence-electron chi connectivity index (χ2n) is 4.99. The van der Waals surface area contributed by atoms with Gasteiger partial charge in [-0.3, -0.25) is 0 Å². The van der Waals surface area contributed by atoms with Gasteiger partial charge in [0.25, 0.3) is 0 Å². The van der Waals surface area contributed by atoms with Gasteiger partial charge in [0.05, 0.1) is 16.6 Å². The molecule has 0 bridgehead atoms. The van der Waals surface area contributed by atoms with Crippen molar-refractivity contribution in [3.8, 4) is 0 Å². The number of hydrogen-bond donors (Lipinski definition) is 0. The van der Waals surface area contributed by atoms with Crippen LogP contribution < -0.4 is 0 Å². The summed E-state index contributed by atoms with van der Waals surface area (Å²) in [6.07, 6.45) is 5.41. The van der Waals surface area contributed by atoms with Crippen LogP contribution in [0.1, 0.15) is 10.8 Å². The zero-order valence-corrected chi connectivity index (χ0v) is 14.3. The molecule has 1 unspecified atom stereocenters. The monoisotopic (exact) mass is 366 g/mol. The number of hydrogen-bond acceptors (Lipinski definition) is 2. The third kappa shape index (κ3) is 4.28. The van der Waals surface area contributed by atoms with E-state index in [-0.39, 0.29) is 11.1 Å². The number of thioether (sulfide) groups is 1. The number of rotatable bonds is 5. The van der Waals surface area contributed by atoms with Crippen LogP contribution in [0.2, 0.25) is 10.0 Å². The molecular weight excluding hydrogens is 354 g/mol. The summed E-state index contributed by atoms with van der Waals surface area (Å²) in [5.41, 5.74) is 1.02. The van der Waals surface area contributed by atoms with Gasteiger partial charge in [-0.05, 0) is 35.9 Å². The predicted molar refractivity (Wildman–Crippen MR) is 93.7 cm³/mol. The first-order chi connectivity index (χ1) is 11.1. The summed E-state index contributed by atoms with van der Waals surface area (Å²) < 4.78 is 15.2. The predicted octanol–water partition coefficient (Wildman–Crippen LogP) is 5.86. The Balaban J connectivity index is 1.89. The lowest BCUT2D eigenvalue weighted by atomic mass is 10.1. The van der Waals surface area contributed by atoms with Crippen LogP contribution in [0.3, 0.4) is 0 Å². The van der Waals surface area contributed by atoms with E-state index in [1.54, 1.807) is 42.5 Å². The van der Waals surface area contributed by atoms with Gasteiger partial charge in [-0.15, -0.1) is 11.8 Å². The van der Waals surface area contributed by atoms with Crippen molar-refractivity contribution < 1.29 is 4.39 Å². The molecule has 0 spiro atoms. The van der Waals surface area contributed by atoms with Gasteiger partial charge in [0.1, 0.15) is 5.82 Å². The molecule has 1 aromatic heterocycles. The van der Waals surface area contributed by atoms with Crippen LogP contribution in [0.4, 0.5) is 4.39 Å². The first-order valence-corrected chi connectivity index (χ1v) is 8.58. The summed E-state index contributed by atoms with van der Waals surface area (Å²) in [5.74, 6) is -0.246. The Morgan fingerprint density at radius 3 is 2.57 bits per heavy atom. The molecule has 2 aromatic carbocycles. The highest BCUT2D eigenvalue weighted by molar-refractivity contribution is 7.99. The second kappa shape index (κ2) is 7.39. The van der Waals surface area contributed by atoms with Crippen molar-refractivity contribution in [3.05, 3.63) is 82.6 Å². The van der Waals surface area contributed by atoms with Crippen LogP contribution in [0, 0.1) is 5.82 Å². The van der Waals surface area contributed by atoms with Gasteiger partial charge >= 0.3 is 0 Å². The average Bonchev–Trinajstić information content (AvgIpc) is 3.03. The fraction of sp³-hybridized carbons (Fsp3) is 0.118.